The van der Waals surface area contributed by atoms with Gasteiger partial charge in [-0.25, -0.2) is 4.98 Å². The summed E-state index contributed by atoms with van der Waals surface area (Å²) < 4.78 is 0. The van der Waals surface area contributed by atoms with Crippen molar-refractivity contribution < 1.29 is 9.59 Å². The van der Waals surface area contributed by atoms with E-state index in [0.29, 0.717) is 44.5 Å². The Labute approximate surface area is 154 Å². The Morgan fingerprint density at radius 3 is 2.38 bits per heavy atom. The number of nitrogens with zero attached hydrogens (tertiary/aromatic N) is 5. The number of carbonyl (C=O) groups excluding carboxylic acids is 2. The van der Waals surface area contributed by atoms with Gasteiger partial charge in [0.2, 0.25) is 17.8 Å². The number of piperazine rings is 1. The van der Waals surface area contributed by atoms with Gasteiger partial charge in [-0.3, -0.25) is 9.59 Å². The van der Waals surface area contributed by atoms with E-state index >= 15 is 0 Å². The van der Waals surface area contributed by atoms with Crippen LogP contribution in [0.3, 0.4) is 0 Å². The van der Waals surface area contributed by atoms with Crippen molar-refractivity contribution in [2.24, 2.45) is 5.92 Å². The number of piperidine rings is 1. The lowest BCUT2D eigenvalue weighted by atomic mass is 9.93. The first-order valence-electron chi connectivity index (χ1n) is 9.36. The Kier molecular flexibility index (Phi) is 5.90. The van der Waals surface area contributed by atoms with Crippen LogP contribution in [0.2, 0.25) is 0 Å². The van der Waals surface area contributed by atoms with Crippen LogP contribution in [0.4, 0.5) is 11.8 Å². The van der Waals surface area contributed by atoms with E-state index in [-0.39, 0.29) is 11.8 Å². The third-order valence-electron chi connectivity index (χ3n) is 5.34. The molecule has 2 aliphatic heterocycles. The molecular weight excluding hydrogens is 332 g/mol. The molecule has 0 unspecified atom stereocenters. The fraction of sp³-hybridized carbons (Fsp3) is 0.667. The summed E-state index contributed by atoms with van der Waals surface area (Å²) in [6.07, 6.45) is 4.38. The smallest absolute Gasteiger partial charge is 0.224 e. The van der Waals surface area contributed by atoms with Crippen molar-refractivity contribution in [3.8, 4) is 0 Å². The average molecular weight is 360 g/mol. The van der Waals surface area contributed by atoms with Crippen molar-refractivity contribution >= 4 is 23.6 Å². The standard InChI is InChI=1S/C18H28N6O2/c1-14(25)22-9-11-24(12-10-22)17(26)13-15-4-7-23(8-5-15)16-3-6-20-18(19-2)21-16/h3,6,15H,4-5,7-13H2,1-2H3,(H,19,20,21). The molecule has 2 aliphatic rings. The Bertz CT molecular complexity index is 636. The summed E-state index contributed by atoms with van der Waals surface area (Å²) in [6.45, 7) is 6.03. The quantitative estimate of drug-likeness (QED) is 0.856. The van der Waals surface area contributed by atoms with E-state index in [1.54, 1.807) is 13.1 Å². The van der Waals surface area contributed by atoms with Crippen molar-refractivity contribution in [2.45, 2.75) is 26.2 Å². The second-order valence-corrected chi connectivity index (χ2v) is 7.01. The highest BCUT2D eigenvalue weighted by atomic mass is 16.2. The van der Waals surface area contributed by atoms with Crippen molar-refractivity contribution in [1.82, 2.24) is 19.8 Å². The highest BCUT2D eigenvalue weighted by Crippen LogP contribution is 2.25. The summed E-state index contributed by atoms with van der Waals surface area (Å²) in [5.74, 6) is 2.32. The van der Waals surface area contributed by atoms with Crippen LogP contribution in [-0.4, -0.2) is 77.9 Å². The molecule has 0 bridgehead atoms. The first kappa shape index (κ1) is 18.4. The zero-order chi connectivity index (χ0) is 18.5. The Hall–Kier alpha value is -2.38. The summed E-state index contributed by atoms with van der Waals surface area (Å²) in [5.41, 5.74) is 0. The summed E-state index contributed by atoms with van der Waals surface area (Å²) in [6, 6.07) is 1.93. The van der Waals surface area contributed by atoms with Crippen LogP contribution < -0.4 is 10.2 Å². The third-order valence-corrected chi connectivity index (χ3v) is 5.34. The van der Waals surface area contributed by atoms with Crippen LogP contribution in [0, 0.1) is 5.92 Å². The molecule has 1 N–H and O–H groups in total. The zero-order valence-corrected chi connectivity index (χ0v) is 15.6. The van der Waals surface area contributed by atoms with Gasteiger partial charge in [0.15, 0.2) is 0 Å². The predicted octanol–water partition coefficient (Wildman–Crippen LogP) is 0.816. The van der Waals surface area contributed by atoms with E-state index in [0.717, 1.165) is 31.7 Å². The first-order valence-corrected chi connectivity index (χ1v) is 9.36. The minimum atomic E-state index is 0.0932. The van der Waals surface area contributed by atoms with Gasteiger partial charge in [0, 0.05) is 65.9 Å². The van der Waals surface area contributed by atoms with Gasteiger partial charge in [-0.15, -0.1) is 0 Å². The van der Waals surface area contributed by atoms with Crippen LogP contribution in [0.25, 0.3) is 0 Å². The molecule has 0 saturated carbocycles. The molecular formula is C18H28N6O2. The molecule has 0 radical (unpaired) electrons. The fourth-order valence-corrected chi connectivity index (χ4v) is 3.66. The number of rotatable bonds is 4. The highest BCUT2D eigenvalue weighted by molar-refractivity contribution is 5.77. The van der Waals surface area contributed by atoms with Gasteiger partial charge in [0.05, 0.1) is 0 Å². The van der Waals surface area contributed by atoms with Gasteiger partial charge in [-0.1, -0.05) is 0 Å². The number of anilines is 2. The van der Waals surface area contributed by atoms with Crippen LogP contribution in [0.1, 0.15) is 26.2 Å². The molecule has 3 rings (SSSR count). The second kappa shape index (κ2) is 8.33. The molecule has 2 amide bonds. The largest absolute Gasteiger partial charge is 0.357 e. The van der Waals surface area contributed by atoms with Crippen LogP contribution >= 0.6 is 0 Å². The molecule has 0 atom stereocenters. The fourth-order valence-electron chi connectivity index (χ4n) is 3.66. The lowest BCUT2D eigenvalue weighted by Gasteiger charge is -2.36. The van der Waals surface area contributed by atoms with Gasteiger partial charge in [0.1, 0.15) is 5.82 Å². The molecule has 2 fully saturated rings. The molecule has 2 saturated heterocycles. The van der Waals surface area contributed by atoms with Crippen molar-refractivity contribution in [2.75, 3.05) is 56.5 Å². The average Bonchev–Trinajstić information content (AvgIpc) is 2.68. The monoisotopic (exact) mass is 360 g/mol. The maximum absolute atomic E-state index is 12.6. The summed E-state index contributed by atoms with van der Waals surface area (Å²) in [7, 11) is 1.81. The predicted molar refractivity (Wildman–Crippen MR) is 100.0 cm³/mol. The molecule has 3 heterocycles. The number of hydrogen-bond donors (Lipinski definition) is 1. The van der Waals surface area contributed by atoms with E-state index < -0.39 is 0 Å². The molecule has 142 valence electrons. The third kappa shape index (κ3) is 4.42. The lowest BCUT2D eigenvalue weighted by Crippen LogP contribution is -2.50. The normalized spacial score (nSPS) is 18.8. The number of nitrogens with one attached hydrogen (secondary N) is 1. The minimum Gasteiger partial charge on any atom is -0.357 e. The number of aromatic nitrogens is 2. The number of amides is 2. The van der Waals surface area contributed by atoms with Gasteiger partial charge in [-0.05, 0) is 24.8 Å². The molecule has 26 heavy (non-hydrogen) atoms. The van der Waals surface area contributed by atoms with Crippen LogP contribution in [-0.2, 0) is 9.59 Å². The molecule has 0 spiro atoms. The molecule has 1 aromatic rings. The molecule has 8 heteroatoms. The SMILES string of the molecule is CNc1nccc(N2CCC(CC(=O)N3CCN(C(C)=O)CC3)CC2)n1. The van der Waals surface area contributed by atoms with Gasteiger partial charge >= 0.3 is 0 Å². The number of carbonyl (C=O) groups is 2. The van der Waals surface area contributed by atoms with Crippen LogP contribution in [0.15, 0.2) is 12.3 Å². The Morgan fingerprint density at radius 2 is 1.77 bits per heavy atom. The number of hydrogen-bond acceptors (Lipinski definition) is 6. The Morgan fingerprint density at radius 1 is 1.12 bits per heavy atom. The van der Waals surface area contributed by atoms with E-state index in [4.69, 9.17) is 0 Å². The van der Waals surface area contributed by atoms with Crippen molar-refractivity contribution in [3.05, 3.63) is 12.3 Å². The first-order chi connectivity index (χ1) is 12.6. The van der Waals surface area contributed by atoms with Crippen molar-refractivity contribution in [3.63, 3.8) is 0 Å². The maximum Gasteiger partial charge on any atom is 0.224 e. The van der Waals surface area contributed by atoms with E-state index in [2.05, 4.69) is 20.2 Å². The summed E-state index contributed by atoms with van der Waals surface area (Å²) in [4.78, 5) is 38.6. The molecule has 1 aromatic heterocycles. The van der Waals surface area contributed by atoms with E-state index in [1.807, 2.05) is 22.9 Å². The maximum atomic E-state index is 12.6. The van der Waals surface area contributed by atoms with E-state index in [1.165, 1.54) is 0 Å². The van der Waals surface area contributed by atoms with Crippen LogP contribution in [0.5, 0.6) is 0 Å². The van der Waals surface area contributed by atoms with Crippen molar-refractivity contribution in [1.29, 1.82) is 0 Å². The zero-order valence-electron chi connectivity index (χ0n) is 15.6. The second-order valence-electron chi connectivity index (χ2n) is 7.01. The summed E-state index contributed by atoms with van der Waals surface area (Å²) in [5, 5.41) is 2.96. The lowest BCUT2D eigenvalue weighted by molar-refractivity contribution is -0.139. The van der Waals surface area contributed by atoms with Gasteiger partial charge in [0.25, 0.3) is 0 Å². The molecule has 8 nitrogen and oxygen atoms in total. The Balaban J connectivity index is 1.45. The highest BCUT2D eigenvalue weighted by Gasteiger charge is 2.27. The van der Waals surface area contributed by atoms with Gasteiger partial charge in [-0.2, -0.15) is 4.98 Å². The van der Waals surface area contributed by atoms with E-state index in [9.17, 15) is 9.59 Å². The molecule has 0 aromatic carbocycles. The molecule has 0 aliphatic carbocycles. The van der Waals surface area contributed by atoms with Gasteiger partial charge < -0.3 is 20.0 Å². The minimum absolute atomic E-state index is 0.0932. The summed E-state index contributed by atoms with van der Waals surface area (Å²) >= 11 is 0. The topological polar surface area (TPSA) is 81.7 Å².